The lowest BCUT2D eigenvalue weighted by Gasteiger charge is -2.24. The number of aryl methyl sites for hydroxylation is 2. The fraction of sp³-hybridized carbons (Fsp3) is 0.467. The number of H-pyrrole nitrogens is 1. The summed E-state index contributed by atoms with van der Waals surface area (Å²) in [5.41, 5.74) is 4.11. The minimum atomic E-state index is -0.240. The summed E-state index contributed by atoms with van der Waals surface area (Å²) in [5.74, 6) is 0.289. The summed E-state index contributed by atoms with van der Waals surface area (Å²) in [6.45, 7) is 7.29. The highest BCUT2D eigenvalue weighted by molar-refractivity contribution is 6.34. The van der Waals surface area contributed by atoms with E-state index in [1.807, 2.05) is 26.0 Å². The molecule has 0 aliphatic carbocycles. The van der Waals surface area contributed by atoms with Crippen LogP contribution in [0.4, 0.5) is 0 Å². The summed E-state index contributed by atoms with van der Waals surface area (Å²) < 4.78 is 6.45. The van der Waals surface area contributed by atoms with Gasteiger partial charge < -0.3 is 25.7 Å². The fourth-order valence-corrected chi connectivity index (χ4v) is 5.94. The molecule has 0 spiro atoms. The van der Waals surface area contributed by atoms with Gasteiger partial charge in [-0.05, 0) is 83.3 Å². The minimum absolute atomic E-state index is 0.107. The second kappa shape index (κ2) is 11.9. The van der Waals surface area contributed by atoms with Gasteiger partial charge in [-0.2, -0.15) is 0 Å². The molecule has 202 valence electrons. The van der Waals surface area contributed by atoms with E-state index in [4.69, 9.17) is 16.3 Å². The number of carbonyl (C=O) groups is 1. The minimum Gasteiger partial charge on any atom is -0.492 e. The first-order chi connectivity index (χ1) is 18.4. The topological polar surface area (TPSA) is 95.2 Å². The summed E-state index contributed by atoms with van der Waals surface area (Å²) in [6.07, 6.45) is 6.15. The number of fused-ring (bicyclic) bond motifs is 1. The van der Waals surface area contributed by atoms with Gasteiger partial charge in [0.2, 0.25) is 0 Å². The predicted octanol–water partition coefficient (Wildman–Crippen LogP) is 4.86. The Bertz CT molecular complexity index is 1350. The quantitative estimate of drug-likeness (QED) is 0.346. The molecule has 38 heavy (non-hydrogen) atoms. The molecule has 0 bridgehead atoms. The van der Waals surface area contributed by atoms with Crippen LogP contribution in [0.5, 0.6) is 5.75 Å². The molecule has 0 radical (unpaired) electrons. The highest BCUT2D eigenvalue weighted by atomic mass is 35.5. The zero-order valence-electron chi connectivity index (χ0n) is 22.2. The Morgan fingerprint density at radius 3 is 2.50 bits per heavy atom. The summed E-state index contributed by atoms with van der Waals surface area (Å²) in [7, 11) is 0. The van der Waals surface area contributed by atoms with Crippen molar-refractivity contribution in [3.63, 3.8) is 0 Å². The van der Waals surface area contributed by atoms with E-state index in [-0.39, 0.29) is 17.5 Å². The highest BCUT2D eigenvalue weighted by Gasteiger charge is 2.23. The normalized spacial score (nSPS) is 18.4. The lowest BCUT2D eigenvalue weighted by Crippen LogP contribution is -2.42. The first-order valence-corrected chi connectivity index (χ1v) is 14.1. The standard InChI is InChI=1S/C30H37ClN4O3/c1-18-13-19(2)15-20(14-18)27-28(38-12-8-21-5-3-4-9-33-21)24-16-23(25(31)17-26(24)35-30(27)37)29(36)34-22-6-10-32-11-7-22/h13-17,21-22,32-33H,3-12H2,1-2H3,(H,34,36)(H,35,37)/t21-/m0/s1. The summed E-state index contributed by atoms with van der Waals surface area (Å²) in [4.78, 5) is 29.7. The number of aromatic nitrogens is 1. The Labute approximate surface area is 228 Å². The molecule has 0 saturated carbocycles. The predicted molar refractivity (Wildman–Crippen MR) is 154 cm³/mol. The van der Waals surface area contributed by atoms with Crippen LogP contribution in [-0.4, -0.2) is 49.2 Å². The molecule has 1 atom stereocenters. The van der Waals surface area contributed by atoms with Crippen LogP contribution in [-0.2, 0) is 0 Å². The molecule has 7 nitrogen and oxygen atoms in total. The number of rotatable bonds is 7. The van der Waals surface area contributed by atoms with Crippen molar-refractivity contribution >= 4 is 28.4 Å². The van der Waals surface area contributed by atoms with Crippen molar-refractivity contribution < 1.29 is 9.53 Å². The lowest BCUT2D eigenvalue weighted by atomic mass is 9.98. The number of amides is 1. The molecule has 2 fully saturated rings. The third kappa shape index (κ3) is 6.06. The van der Waals surface area contributed by atoms with Gasteiger partial charge in [-0.1, -0.05) is 47.3 Å². The molecule has 2 aliphatic heterocycles. The average molecular weight is 537 g/mol. The van der Waals surface area contributed by atoms with Gasteiger partial charge in [0, 0.05) is 17.5 Å². The molecule has 2 aliphatic rings. The van der Waals surface area contributed by atoms with E-state index < -0.39 is 0 Å². The van der Waals surface area contributed by atoms with Gasteiger partial charge in [-0.3, -0.25) is 9.59 Å². The van der Waals surface area contributed by atoms with E-state index in [1.165, 1.54) is 12.8 Å². The van der Waals surface area contributed by atoms with Crippen molar-refractivity contribution in [3.05, 3.63) is 62.4 Å². The Balaban J connectivity index is 1.56. The van der Waals surface area contributed by atoms with Crippen LogP contribution in [0.15, 0.2) is 35.1 Å². The van der Waals surface area contributed by atoms with Crippen molar-refractivity contribution in [3.8, 4) is 16.9 Å². The highest BCUT2D eigenvalue weighted by Crippen LogP contribution is 2.36. The molecule has 2 saturated heterocycles. The van der Waals surface area contributed by atoms with Crippen molar-refractivity contribution in [1.82, 2.24) is 20.9 Å². The fourth-order valence-electron chi connectivity index (χ4n) is 5.70. The number of nitrogens with one attached hydrogen (secondary N) is 4. The van der Waals surface area contributed by atoms with E-state index >= 15 is 0 Å². The maximum Gasteiger partial charge on any atom is 0.260 e. The Morgan fingerprint density at radius 2 is 1.79 bits per heavy atom. The number of benzene rings is 2. The van der Waals surface area contributed by atoms with E-state index in [1.54, 1.807) is 12.1 Å². The van der Waals surface area contributed by atoms with Crippen molar-refractivity contribution in [2.45, 2.75) is 64.5 Å². The number of hydrogen-bond donors (Lipinski definition) is 4. The Kier molecular flexibility index (Phi) is 8.36. The van der Waals surface area contributed by atoms with E-state index in [0.717, 1.165) is 62.0 Å². The molecule has 3 heterocycles. The number of pyridine rings is 1. The van der Waals surface area contributed by atoms with Crippen LogP contribution < -0.4 is 26.2 Å². The first kappa shape index (κ1) is 26.7. The smallest absolute Gasteiger partial charge is 0.260 e. The lowest BCUT2D eigenvalue weighted by molar-refractivity contribution is 0.0930. The third-order valence-electron chi connectivity index (χ3n) is 7.61. The van der Waals surface area contributed by atoms with Crippen LogP contribution in [0.1, 0.15) is 60.0 Å². The number of piperidine rings is 2. The molecule has 2 aromatic carbocycles. The van der Waals surface area contributed by atoms with Gasteiger partial charge in [-0.25, -0.2) is 0 Å². The number of hydrogen-bond acceptors (Lipinski definition) is 5. The van der Waals surface area contributed by atoms with Gasteiger partial charge in [0.1, 0.15) is 5.75 Å². The van der Waals surface area contributed by atoms with Gasteiger partial charge in [0.25, 0.3) is 11.5 Å². The first-order valence-electron chi connectivity index (χ1n) is 13.7. The maximum absolute atomic E-state index is 13.5. The van der Waals surface area contributed by atoms with Gasteiger partial charge in [0.15, 0.2) is 0 Å². The molecule has 5 rings (SSSR count). The average Bonchev–Trinajstić information content (AvgIpc) is 2.89. The van der Waals surface area contributed by atoms with Crippen LogP contribution >= 0.6 is 11.6 Å². The summed E-state index contributed by atoms with van der Waals surface area (Å²) in [5, 5.41) is 11.0. The van der Waals surface area contributed by atoms with E-state index in [0.29, 0.717) is 45.5 Å². The van der Waals surface area contributed by atoms with Gasteiger partial charge in [-0.15, -0.1) is 0 Å². The maximum atomic E-state index is 13.5. The molecular weight excluding hydrogens is 500 g/mol. The monoisotopic (exact) mass is 536 g/mol. The number of aromatic amines is 1. The molecule has 8 heteroatoms. The van der Waals surface area contributed by atoms with Crippen LogP contribution in [0.25, 0.3) is 22.0 Å². The molecular formula is C30H37ClN4O3. The second-order valence-corrected chi connectivity index (χ2v) is 11.1. The van der Waals surface area contributed by atoms with Crippen molar-refractivity contribution in [2.75, 3.05) is 26.2 Å². The van der Waals surface area contributed by atoms with Gasteiger partial charge in [0.05, 0.1) is 28.3 Å². The van der Waals surface area contributed by atoms with Crippen LogP contribution in [0, 0.1) is 13.8 Å². The largest absolute Gasteiger partial charge is 0.492 e. The zero-order valence-corrected chi connectivity index (χ0v) is 23.0. The second-order valence-electron chi connectivity index (χ2n) is 10.7. The molecule has 3 aromatic rings. The molecule has 0 unspecified atom stereocenters. The van der Waals surface area contributed by atoms with Gasteiger partial charge >= 0.3 is 0 Å². The van der Waals surface area contributed by atoms with Crippen molar-refractivity contribution in [1.29, 1.82) is 0 Å². The SMILES string of the molecule is Cc1cc(C)cc(-c2c(OCC[C@@H]3CCCCN3)c3cc(C(=O)NC4CCNCC4)c(Cl)cc3[nH]c2=O)c1. The number of ether oxygens (including phenoxy) is 1. The summed E-state index contributed by atoms with van der Waals surface area (Å²) >= 11 is 6.58. The summed E-state index contributed by atoms with van der Waals surface area (Å²) in [6, 6.07) is 10.0. The van der Waals surface area contributed by atoms with Crippen molar-refractivity contribution in [2.24, 2.45) is 0 Å². The molecule has 4 N–H and O–H groups in total. The van der Waals surface area contributed by atoms with E-state index in [9.17, 15) is 9.59 Å². The Morgan fingerprint density at radius 1 is 1.03 bits per heavy atom. The zero-order chi connectivity index (χ0) is 26.6. The molecule has 1 amide bonds. The van der Waals surface area contributed by atoms with E-state index in [2.05, 4.69) is 27.0 Å². The number of halogens is 1. The molecule has 1 aromatic heterocycles. The number of carbonyl (C=O) groups excluding carboxylic acids is 1. The van der Waals surface area contributed by atoms with Crippen LogP contribution in [0.2, 0.25) is 5.02 Å². The Hall–Kier alpha value is -2.87. The third-order valence-corrected chi connectivity index (χ3v) is 7.92. The van der Waals surface area contributed by atoms with Crippen LogP contribution in [0.3, 0.4) is 0 Å².